The summed E-state index contributed by atoms with van der Waals surface area (Å²) in [6.45, 7) is 5.19. The molecule has 1 saturated heterocycles. The molecule has 8 nitrogen and oxygen atoms in total. The Morgan fingerprint density at radius 3 is 2.62 bits per heavy atom. The standard InChI is InChI=1S/C18H21N5O3/c1-17(2)8-18(16(25)26-3)9-22(7-13(17)18)15(24)12-5-4-6-14(21-12)23-10-19-20-11-23/h4-6,10-11,13H,7-9H2,1-3H3/t13-,18+/m1/s1. The maximum atomic E-state index is 13.0. The summed E-state index contributed by atoms with van der Waals surface area (Å²) < 4.78 is 6.69. The van der Waals surface area contributed by atoms with E-state index in [1.165, 1.54) is 19.8 Å². The summed E-state index contributed by atoms with van der Waals surface area (Å²) in [4.78, 5) is 31.6. The molecule has 2 aliphatic rings. The van der Waals surface area contributed by atoms with Crippen LogP contribution in [0.1, 0.15) is 30.8 Å². The lowest BCUT2D eigenvalue weighted by Gasteiger charge is -2.54. The first kappa shape index (κ1) is 16.7. The van der Waals surface area contributed by atoms with Crippen LogP contribution in [0.15, 0.2) is 30.9 Å². The molecule has 3 heterocycles. The van der Waals surface area contributed by atoms with E-state index in [4.69, 9.17) is 4.74 Å². The Morgan fingerprint density at radius 1 is 1.23 bits per heavy atom. The second kappa shape index (κ2) is 5.62. The molecule has 1 saturated carbocycles. The fraction of sp³-hybridized carbons (Fsp3) is 0.500. The summed E-state index contributed by atoms with van der Waals surface area (Å²) >= 11 is 0. The van der Waals surface area contributed by atoms with Gasteiger partial charge in [-0.2, -0.15) is 0 Å². The molecule has 0 unspecified atom stereocenters. The second-order valence-corrected chi connectivity index (χ2v) is 7.80. The molecule has 26 heavy (non-hydrogen) atoms. The van der Waals surface area contributed by atoms with Crippen molar-refractivity contribution in [2.75, 3.05) is 20.2 Å². The largest absolute Gasteiger partial charge is 0.469 e. The van der Waals surface area contributed by atoms with E-state index < -0.39 is 5.41 Å². The molecule has 1 aliphatic carbocycles. The van der Waals surface area contributed by atoms with Crippen molar-refractivity contribution in [3.63, 3.8) is 0 Å². The third-order valence-corrected chi connectivity index (χ3v) is 5.77. The van der Waals surface area contributed by atoms with Crippen LogP contribution in [-0.2, 0) is 9.53 Å². The van der Waals surface area contributed by atoms with Gasteiger partial charge < -0.3 is 9.64 Å². The van der Waals surface area contributed by atoms with Gasteiger partial charge >= 0.3 is 5.97 Å². The zero-order valence-corrected chi connectivity index (χ0v) is 15.0. The predicted molar refractivity (Wildman–Crippen MR) is 91.4 cm³/mol. The molecule has 1 amide bonds. The summed E-state index contributed by atoms with van der Waals surface area (Å²) in [5.74, 6) is 0.287. The van der Waals surface area contributed by atoms with Gasteiger partial charge in [-0.15, -0.1) is 10.2 Å². The predicted octanol–water partition coefficient (Wildman–Crippen LogP) is 1.32. The lowest BCUT2D eigenvalue weighted by molar-refractivity contribution is -0.174. The first-order chi connectivity index (χ1) is 12.4. The first-order valence-corrected chi connectivity index (χ1v) is 8.57. The number of aromatic nitrogens is 4. The minimum atomic E-state index is -0.584. The number of carbonyl (C=O) groups is 2. The highest BCUT2D eigenvalue weighted by atomic mass is 16.5. The van der Waals surface area contributed by atoms with E-state index >= 15 is 0 Å². The van der Waals surface area contributed by atoms with Crippen molar-refractivity contribution in [1.29, 1.82) is 0 Å². The number of ether oxygens (including phenoxy) is 1. The highest BCUT2D eigenvalue weighted by Crippen LogP contribution is 2.63. The summed E-state index contributed by atoms with van der Waals surface area (Å²) in [5.41, 5.74) is -0.226. The molecular formula is C18H21N5O3. The third kappa shape index (κ3) is 2.32. The van der Waals surface area contributed by atoms with Crippen molar-refractivity contribution >= 4 is 11.9 Å². The molecule has 0 bridgehead atoms. The van der Waals surface area contributed by atoms with Crippen LogP contribution in [0, 0.1) is 16.7 Å². The highest BCUT2D eigenvalue weighted by molar-refractivity contribution is 5.94. The average Bonchev–Trinajstić information content (AvgIpc) is 3.27. The molecule has 2 aromatic rings. The van der Waals surface area contributed by atoms with Crippen molar-refractivity contribution in [3.8, 4) is 5.82 Å². The number of pyridine rings is 1. The fourth-order valence-electron chi connectivity index (χ4n) is 4.69. The number of nitrogens with zero attached hydrogens (tertiary/aromatic N) is 5. The van der Waals surface area contributed by atoms with Crippen LogP contribution < -0.4 is 0 Å². The molecule has 0 radical (unpaired) electrons. The zero-order valence-electron chi connectivity index (χ0n) is 15.0. The average molecular weight is 355 g/mol. The summed E-state index contributed by atoms with van der Waals surface area (Å²) in [5, 5.41) is 7.52. The van der Waals surface area contributed by atoms with E-state index in [0.717, 1.165) is 6.42 Å². The zero-order chi connectivity index (χ0) is 18.5. The number of methoxy groups -OCH3 is 1. The van der Waals surface area contributed by atoms with E-state index in [-0.39, 0.29) is 23.2 Å². The van der Waals surface area contributed by atoms with Crippen LogP contribution in [-0.4, -0.2) is 56.7 Å². The summed E-state index contributed by atoms with van der Waals surface area (Å²) in [7, 11) is 1.41. The van der Waals surface area contributed by atoms with Crippen LogP contribution in [0.25, 0.3) is 5.82 Å². The molecule has 2 fully saturated rings. The Bertz CT molecular complexity index is 863. The van der Waals surface area contributed by atoms with Gasteiger partial charge in [-0.25, -0.2) is 4.98 Å². The van der Waals surface area contributed by atoms with Gasteiger partial charge in [0.2, 0.25) is 0 Å². The first-order valence-electron chi connectivity index (χ1n) is 8.57. The molecular weight excluding hydrogens is 334 g/mol. The summed E-state index contributed by atoms with van der Waals surface area (Å²) in [6.07, 6.45) is 3.79. The van der Waals surface area contributed by atoms with Crippen molar-refractivity contribution < 1.29 is 14.3 Å². The number of esters is 1. The maximum absolute atomic E-state index is 13.0. The van der Waals surface area contributed by atoms with Crippen molar-refractivity contribution in [2.45, 2.75) is 20.3 Å². The van der Waals surface area contributed by atoms with Gasteiger partial charge in [-0.1, -0.05) is 19.9 Å². The van der Waals surface area contributed by atoms with Gasteiger partial charge in [0.1, 0.15) is 24.2 Å². The monoisotopic (exact) mass is 355 g/mol. The molecule has 136 valence electrons. The molecule has 8 heteroatoms. The summed E-state index contributed by atoms with van der Waals surface area (Å²) in [6, 6.07) is 5.25. The van der Waals surface area contributed by atoms with Crippen LogP contribution in [0.4, 0.5) is 0 Å². The SMILES string of the molecule is COC(=O)[C@@]12CN(C(=O)c3cccc(-n4cnnc4)n3)C[C@@H]1C(C)(C)C2. The molecule has 4 rings (SSSR count). The Balaban J connectivity index is 1.60. The van der Waals surface area contributed by atoms with Gasteiger partial charge in [0, 0.05) is 13.1 Å². The van der Waals surface area contributed by atoms with Gasteiger partial charge in [0.25, 0.3) is 5.91 Å². The van der Waals surface area contributed by atoms with Crippen LogP contribution in [0.2, 0.25) is 0 Å². The maximum Gasteiger partial charge on any atom is 0.314 e. The molecule has 1 aliphatic heterocycles. The Hall–Kier alpha value is -2.77. The van der Waals surface area contributed by atoms with E-state index in [2.05, 4.69) is 29.0 Å². The minimum absolute atomic E-state index is 0.0149. The van der Waals surface area contributed by atoms with Crippen LogP contribution >= 0.6 is 0 Å². The molecule has 0 aromatic carbocycles. The van der Waals surface area contributed by atoms with Gasteiger partial charge in [0.15, 0.2) is 0 Å². The van der Waals surface area contributed by atoms with E-state index in [0.29, 0.717) is 24.6 Å². The number of rotatable bonds is 3. The number of hydrogen-bond donors (Lipinski definition) is 0. The minimum Gasteiger partial charge on any atom is -0.469 e. The number of hydrogen-bond acceptors (Lipinski definition) is 6. The van der Waals surface area contributed by atoms with Crippen LogP contribution in [0.3, 0.4) is 0 Å². The topological polar surface area (TPSA) is 90.2 Å². The molecule has 2 aromatic heterocycles. The molecule has 0 N–H and O–H groups in total. The smallest absolute Gasteiger partial charge is 0.314 e. The Morgan fingerprint density at radius 2 is 1.96 bits per heavy atom. The fourth-order valence-corrected chi connectivity index (χ4v) is 4.69. The Kier molecular flexibility index (Phi) is 3.61. The molecule has 0 spiro atoms. The third-order valence-electron chi connectivity index (χ3n) is 5.77. The quantitative estimate of drug-likeness (QED) is 0.772. The highest BCUT2D eigenvalue weighted by Gasteiger charge is 2.68. The number of fused-ring (bicyclic) bond motifs is 1. The van der Waals surface area contributed by atoms with Crippen LogP contribution in [0.5, 0.6) is 0 Å². The molecule has 2 atom stereocenters. The van der Waals surface area contributed by atoms with Crippen molar-refractivity contribution in [2.24, 2.45) is 16.7 Å². The van der Waals surface area contributed by atoms with E-state index in [1.54, 1.807) is 27.7 Å². The Labute approximate surface area is 151 Å². The number of likely N-dealkylation sites (tertiary alicyclic amines) is 1. The van der Waals surface area contributed by atoms with Crippen molar-refractivity contribution in [3.05, 3.63) is 36.5 Å². The normalized spacial score (nSPS) is 26.1. The van der Waals surface area contributed by atoms with Crippen molar-refractivity contribution in [1.82, 2.24) is 24.6 Å². The lowest BCUT2D eigenvalue weighted by atomic mass is 9.48. The second-order valence-electron chi connectivity index (χ2n) is 7.80. The van der Waals surface area contributed by atoms with Gasteiger partial charge in [-0.05, 0) is 29.9 Å². The number of carbonyl (C=O) groups excluding carboxylic acids is 2. The van der Waals surface area contributed by atoms with Gasteiger partial charge in [0.05, 0.1) is 12.5 Å². The number of amides is 1. The lowest BCUT2D eigenvalue weighted by Crippen LogP contribution is -2.57. The van der Waals surface area contributed by atoms with Gasteiger partial charge in [-0.3, -0.25) is 14.2 Å². The van der Waals surface area contributed by atoms with E-state index in [9.17, 15) is 9.59 Å². The van der Waals surface area contributed by atoms with E-state index in [1.807, 2.05) is 0 Å².